The van der Waals surface area contributed by atoms with Gasteiger partial charge in [-0.05, 0) is 12.1 Å². The second-order valence-corrected chi connectivity index (χ2v) is 4.03. The molecule has 1 rings (SSSR count). The molecule has 0 aliphatic carbocycles. The van der Waals surface area contributed by atoms with Crippen molar-refractivity contribution < 1.29 is 9.59 Å². The Labute approximate surface area is 96.1 Å². The highest BCUT2D eigenvalue weighted by Gasteiger charge is 2.27. The normalized spacial score (nSPS) is 16.9. The van der Waals surface area contributed by atoms with Gasteiger partial charge < -0.3 is 15.1 Å². The first-order valence-corrected chi connectivity index (χ1v) is 5.43. The van der Waals surface area contributed by atoms with Crippen LogP contribution < -0.4 is 5.32 Å². The Hall–Kier alpha value is -1.36. The summed E-state index contributed by atoms with van der Waals surface area (Å²) < 4.78 is 0. The largest absolute Gasteiger partial charge is 0.335 e. The Balaban J connectivity index is 2.44. The minimum atomic E-state index is -0.0177. The molecule has 1 aliphatic rings. The molecular formula is C11H19N3O2. The quantitative estimate of drug-likeness (QED) is 0.639. The number of rotatable bonds is 5. The third kappa shape index (κ3) is 3.34. The van der Waals surface area contributed by atoms with Crippen molar-refractivity contribution in [3.05, 3.63) is 12.2 Å². The van der Waals surface area contributed by atoms with Gasteiger partial charge in [0.1, 0.15) is 6.54 Å². The van der Waals surface area contributed by atoms with E-state index in [-0.39, 0.29) is 24.9 Å². The molecule has 16 heavy (non-hydrogen) atoms. The Bertz CT molecular complexity index is 302. The lowest BCUT2D eigenvalue weighted by Gasteiger charge is -2.32. The zero-order valence-electron chi connectivity index (χ0n) is 9.95. The van der Waals surface area contributed by atoms with E-state index in [4.69, 9.17) is 0 Å². The van der Waals surface area contributed by atoms with E-state index in [1.807, 2.05) is 6.92 Å². The summed E-state index contributed by atoms with van der Waals surface area (Å²) in [5.41, 5.74) is 0.924. The summed E-state index contributed by atoms with van der Waals surface area (Å²) in [5, 5.41) is 3.14. The van der Waals surface area contributed by atoms with E-state index >= 15 is 0 Å². The average Bonchev–Trinajstić information content (AvgIpc) is 2.23. The van der Waals surface area contributed by atoms with Gasteiger partial charge >= 0.3 is 0 Å². The molecule has 0 bridgehead atoms. The van der Waals surface area contributed by atoms with Crippen LogP contribution in [0.3, 0.4) is 0 Å². The molecule has 1 fully saturated rings. The molecule has 1 saturated heterocycles. The first-order chi connectivity index (χ1) is 7.54. The molecule has 5 nitrogen and oxygen atoms in total. The summed E-state index contributed by atoms with van der Waals surface area (Å²) in [6.45, 7) is 8.25. The lowest BCUT2D eigenvalue weighted by Crippen LogP contribution is -2.52. The monoisotopic (exact) mass is 225 g/mol. The van der Waals surface area contributed by atoms with Gasteiger partial charge in [0, 0.05) is 20.1 Å². The predicted molar refractivity (Wildman–Crippen MR) is 61.9 cm³/mol. The molecule has 0 unspecified atom stereocenters. The fourth-order valence-corrected chi connectivity index (χ4v) is 1.53. The van der Waals surface area contributed by atoms with Crippen molar-refractivity contribution in [2.45, 2.75) is 6.92 Å². The highest BCUT2D eigenvalue weighted by Crippen LogP contribution is 2.05. The van der Waals surface area contributed by atoms with Crippen molar-refractivity contribution in [2.24, 2.45) is 0 Å². The summed E-state index contributed by atoms with van der Waals surface area (Å²) >= 11 is 0. The van der Waals surface area contributed by atoms with Gasteiger partial charge in [0.2, 0.25) is 11.8 Å². The summed E-state index contributed by atoms with van der Waals surface area (Å²) in [6, 6.07) is 0. The first kappa shape index (κ1) is 12.7. The number of hydrogen-bond donors (Lipinski definition) is 1. The number of hydrogen-bond acceptors (Lipinski definition) is 3. The third-order valence-electron chi connectivity index (χ3n) is 2.52. The molecule has 0 atom stereocenters. The second kappa shape index (κ2) is 5.65. The minimum Gasteiger partial charge on any atom is -0.335 e. The van der Waals surface area contributed by atoms with Crippen molar-refractivity contribution in [3.63, 3.8) is 0 Å². The molecule has 2 amide bonds. The molecular weight excluding hydrogens is 206 g/mol. The van der Waals surface area contributed by atoms with Gasteiger partial charge in [-0.2, -0.15) is 0 Å². The number of carbonyl (C=O) groups excluding carboxylic acids is 2. The van der Waals surface area contributed by atoms with Crippen molar-refractivity contribution in [3.8, 4) is 0 Å². The van der Waals surface area contributed by atoms with Gasteiger partial charge in [-0.25, -0.2) is 0 Å². The molecule has 0 saturated carbocycles. The van der Waals surface area contributed by atoms with Gasteiger partial charge in [0.05, 0.1) is 6.54 Å². The standard InChI is InChI=1S/C11H19N3O2/c1-4-12-5-9(2)6-14-8-10(15)13(3)7-11(14)16/h12H,2,4-8H2,1,3H3. The third-order valence-corrected chi connectivity index (χ3v) is 2.52. The number of amides is 2. The fourth-order valence-electron chi connectivity index (χ4n) is 1.53. The van der Waals surface area contributed by atoms with Crippen LogP contribution in [0.1, 0.15) is 6.92 Å². The molecule has 0 aromatic rings. The van der Waals surface area contributed by atoms with Gasteiger partial charge in [-0.1, -0.05) is 13.5 Å². The summed E-state index contributed by atoms with van der Waals surface area (Å²) in [7, 11) is 1.64. The zero-order valence-corrected chi connectivity index (χ0v) is 9.95. The molecule has 1 aliphatic heterocycles. The van der Waals surface area contributed by atoms with Gasteiger partial charge in [-0.15, -0.1) is 0 Å². The molecule has 1 N–H and O–H groups in total. The lowest BCUT2D eigenvalue weighted by molar-refractivity contribution is -0.148. The highest BCUT2D eigenvalue weighted by atomic mass is 16.2. The van der Waals surface area contributed by atoms with E-state index in [0.717, 1.165) is 12.1 Å². The van der Waals surface area contributed by atoms with E-state index in [1.54, 1.807) is 11.9 Å². The van der Waals surface area contributed by atoms with Crippen LogP contribution in [0.5, 0.6) is 0 Å². The van der Waals surface area contributed by atoms with Crippen LogP contribution in [0.2, 0.25) is 0 Å². The van der Waals surface area contributed by atoms with E-state index in [1.165, 1.54) is 4.90 Å². The van der Waals surface area contributed by atoms with E-state index in [9.17, 15) is 9.59 Å². The Kier molecular flexibility index (Phi) is 4.49. The van der Waals surface area contributed by atoms with Gasteiger partial charge in [0.15, 0.2) is 0 Å². The second-order valence-electron chi connectivity index (χ2n) is 4.03. The number of piperazine rings is 1. The molecule has 90 valence electrons. The van der Waals surface area contributed by atoms with Crippen molar-refractivity contribution in [1.29, 1.82) is 0 Å². The zero-order chi connectivity index (χ0) is 12.1. The Morgan fingerprint density at radius 1 is 1.38 bits per heavy atom. The summed E-state index contributed by atoms with van der Waals surface area (Å²) in [4.78, 5) is 26.1. The van der Waals surface area contributed by atoms with E-state index in [2.05, 4.69) is 11.9 Å². The minimum absolute atomic E-state index is 0.0141. The maximum Gasteiger partial charge on any atom is 0.242 e. The maximum absolute atomic E-state index is 11.6. The SMILES string of the molecule is C=C(CNCC)CN1CC(=O)N(C)CC1=O. The van der Waals surface area contributed by atoms with Crippen LogP contribution in [0.25, 0.3) is 0 Å². The van der Waals surface area contributed by atoms with Gasteiger partial charge in [0.25, 0.3) is 0 Å². The molecule has 0 aromatic heterocycles. The lowest BCUT2D eigenvalue weighted by atomic mass is 10.2. The first-order valence-electron chi connectivity index (χ1n) is 5.43. The summed E-state index contributed by atoms with van der Waals surface area (Å²) in [6.07, 6.45) is 0. The van der Waals surface area contributed by atoms with Gasteiger partial charge in [-0.3, -0.25) is 9.59 Å². The van der Waals surface area contributed by atoms with Crippen LogP contribution >= 0.6 is 0 Å². The van der Waals surface area contributed by atoms with Crippen LogP contribution in [-0.4, -0.2) is 61.4 Å². The molecule has 0 aromatic carbocycles. The Morgan fingerprint density at radius 3 is 2.69 bits per heavy atom. The molecule has 0 radical (unpaired) electrons. The summed E-state index contributed by atoms with van der Waals surface area (Å²) in [5.74, 6) is -0.0319. The highest BCUT2D eigenvalue weighted by molar-refractivity contribution is 5.92. The van der Waals surface area contributed by atoms with Crippen LogP contribution in [-0.2, 0) is 9.59 Å². The van der Waals surface area contributed by atoms with Crippen molar-refractivity contribution in [2.75, 3.05) is 39.8 Å². The van der Waals surface area contributed by atoms with E-state index < -0.39 is 0 Å². The number of carbonyl (C=O) groups is 2. The Morgan fingerprint density at radius 2 is 2.06 bits per heavy atom. The number of likely N-dealkylation sites (N-methyl/N-ethyl adjacent to an activating group) is 2. The predicted octanol–water partition coefficient (Wildman–Crippen LogP) is -0.547. The average molecular weight is 225 g/mol. The molecule has 1 heterocycles. The fraction of sp³-hybridized carbons (Fsp3) is 0.636. The van der Waals surface area contributed by atoms with Crippen LogP contribution in [0.4, 0.5) is 0 Å². The smallest absolute Gasteiger partial charge is 0.242 e. The maximum atomic E-state index is 11.6. The topological polar surface area (TPSA) is 52.7 Å². The molecule has 0 spiro atoms. The van der Waals surface area contributed by atoms with Crippen molar-refractivity contribution >= 4 is 11.8 Å². The van der Waals surface area contributed by atoms with Crippen molar-refractivity contribution in [1.82, 2.24) is 15.1 Å². The molecule has 5 heteroatoms. The number of nitrogens with one attached hydrogen (secondary N) is 1. The van der Waals surface area contributed by atoms with Crippen LogP contribution in [0.15, 0.2) is 12.2 Å². The van der Waals surface area contributed by atoms with E-state index in [0.29, 0.717) is 13.1 Å². The van der Waals surface area contributed by atoms with Crippen LogP contribution in [0, 0.1) is 0 Å². The number of nitrogens with zero attached hydrogens (tertiary/aromatic N) is 2.